The lowest BCUT2D eigenvalue weighted by Crippen LogP contribution is -2.17. The van der Waals surface area contributed by atoms with Crippen LogP contribution in [-0.4, -0.2) is 29.2 Å². The molecule has 2 unspecified atom stereocenters. The van der Waals surface area contributed by atoms with Gasteiger partial charge >= 0.3 is 0 Å². The van der Waals surface area contributed by atoms with E-state index in [1.807, 2.05) is 26.8 Å². The Morgan fingerprint density at radius 1 is 1.22 bits per heavy atom. The molecule has 27 heavy (non-hydrogen) atoms. The molecule has 0 saturated carbocycles. The summed E-state index contributed by atoms with van der Waals surface area (Å²) in [6.45, 7) is 5.86. The summed E-state index contributed by atoms with van der Waals surface area (Å²) in [6, 6.07) is 10.4. The highest BCUT2D eigenvalue weighted by Crippen LogP contribution is 2.32. The Morgan fingerprint density at radius 2 is 1.96 bits per heavy atom. The average Bonchev–Trinajstić information content (AvgIpc) is 3.22. The summed E-state index contributed by atoms with van der Waals surface area (Å²) in [5, 5.41) is 4.06. The van der Waals surface area contributed by atoms with Crippen LogP contribution >= 0.6 is 0 Å². The van der Waals surface area contributed by atoms with Crippen molar-refractivity contribution < 1.29 is 13.3 Å². The fraction of sp³-hybridized carbons (Fsp3) is 0.300. The van der Waals surface area contributed by atoms with Crippen LogP contribution in [0.4, 0.5) is 0 Å². The van der Waals surface area contributed by atoms with Gasteiger partial charge in [-0.15, -0.1) is 0 Å². The molecule has 1 aliphatic rings. The lowest BCUT2D eigenvalue weighted by molar-refractivity contribution is 0.0904. The Hall–Kier alpha value is -2.67. The van der Waals surface area contributed by atoms with E-state index in [1.54, 1.807) is 42.7 Å². The zero-order chi connectivity index (χ0) is 19.2. The van der Waals surface area contributed by atoms with Crippen LogP contribution in [0.5, 0.6) is 0 Å². The molecule has 6 nitrogen and oxygen atoms in total. The Labute approximate surface area is 158 Å². The van der Waals surface area contributed by atoms with Crippen LogP contribution in [0.25, 0.3) is 11.0 Å². The fourth-order valence-corrected chi connectivity index (χ4v) is 5.02. The van der Waals surface area contributed by atoms with Crippen molar-refractivity contribution in [2.75, 3.05) is 0 Å². The van der Waals surface area contributed by atoms with E-state index in [0.29, 0.717) is 17.5 Å². The van der Waals surface area contributed by atoms with Gasteiger partial charge in [-0.1, -0.05) is 30.3 Å². The second-order valence-electron chi connectivity index (χ2n) is 6.78. The highest BCUT2D eigenvalue weighted by molar-refractivity contribution is 7.90. The van der Waals surface area contributed by atoms with E-state index >= 15 is 0 Å². The normalized spacial score (nSPS) is 19.9. The van der Waals surface area contributed by atoms with Crippen LogP contribution < -0.4 is 0 Å². The summed E-state index contributed by atoms with van der Waals surface area (Å²) < 4.78 is 27.8. The van der Waals surface area contributed by atoms with Gasteiger partial charge in [0.05, 0.1) is 27.6 Å². The molecule has 0 spiro atoms. The summed E-state index contributed by atoms with van der Waals surface area (Å²) in [4.78, 5) is 10.2. The molecule has 0 aliphatic carbocycles. The Kier molecular flexibility index (Phi) is 4.26. The smallest absolute Gasteiger partial charge is 0.268 e. The second-order valence-corrected chi connectivity index (χ2v) is 8.59. The third-order valence-corrected chi connectivity index (χ3v) is 6.71. The molecular weight excluding hydrogens is 362 g/mol. The minimum atomic E-state index is -3.71. The monoisotopic (exact) mass is 383 g/mol. The third kappa shape index (κ3) is 2.82. The van der Waals surface area contributed by atoms with Crippen molar-refractivity contribution in [3.63, 3.8) is 0 Å². The maximum atomic E-state index is 13.2. The van der Waals surface area contributed by atoms with Gasteiger partial charge in [0.25, 0.3) is 10.0 Å². The number of hydrogen-bond donors (Lipinski definition) is 0. The molecule has 7 heteroatoms. The first-order chi connectivity index (χ1) is 12.9. The highest BCUT2D eigenvalue weighted by atomic mass is 32.2. The summed E-state index contributed by atoms with van der Waals surface area (Å²) in [5.74, 6) is -0.0326. The number of pyridine rings is 1. The van der Waals surface area contributed by atoms with Crippen LogP contribution in [0.2, 0.25) is 0 Å². The quantitative estimate of drug-likeness (QED) is 0.688. The molecule has 3 heterocycles. The number of rotatable bonds is 4. The molecule has 2 aromatic heterocycles. The summed E-state index contributed by atoms with van der Waals surface area (Å²) >= 11 is 0. The van der Waals surface area contributed by atoms with Crippen LogP contribution in [0.3, 0.4) is 0 Å². The predicted octanol–water partition coefficient (Wildman–Crippen LogP) is 3.71. The number of hydrogen-bond acceptors (Lipinski definition) is 5. The molecule has 0 amide bonds. The SMILES string of the molecule is CCc1cn(S(=O)(=O)c2ccccc2)c2cc(C3C(C)=NOC3C)cnc12. The summed E-state index contributed by atoms with van der Waals surface area (Å²) in [5.41, 5.74) is 3.96. The molecule has 1 aromatic carbocycles. The standard InChI is InChI=1S/C20H21N3O3S/c1-4-15-12-23(27(24,25)17-8-6-5-7-9-17)18-10-16(11-21-20(15)18)19-13(2)22-26-14(19)3/h5-12,14,19H,4H2,1-3H3. The van der Waals surface area contributed by atoms with Gasteiger partial charge in [-0.05, 0) is 49.6 Å². The Balaban J connectivity index is 1.93. The molecule has 4 rings (SSSR count). The van der Waals surface area contributed by atoms with E-state index in [4.69, 9.17) is 4.84 Å². The summed E-state index contributed by atoms with van der Waals surface area (Å²) in [7, 11) is -3.71. The zero-order valence-corrected chi connectivity index (χ0v) is 16.3. The van der Waals surface area contributed by atoms with Crippen molar-refractivity contribution in [3.8, 4) is 0 Å². The van der Waals surface area contributed by atoms with Crippen molar-refractivity contribution in [1.29, 1.82) is 0 Å². The van der Waals surface area contributed by atoms with E-state index in [-0.39, 0.29) is 16.9 Å². The van der Waals surface area contributed by atoms with E-state index in [0.717, 1.165) is 16.8 Å². The van der Waals surface area contributed by atoms with Crippen molar-refractivity contribution in [3.05, 3.63) is 59.9 Å². The predicted molar refractivity (Wildman–Crippen MR) is 105 cm³/mol. The van der Waals surface area contributed by atoms with E-state index < -0.39 is 10.0 Å². The van der Waals surface area contributed by atoms with Crippen molar-refractivity contribution in [2.24, 2.45) is 5.16 Å². The fourth-order valence-electron chi connectivity index (χ4n) is 3.63. The number of nitrogens with zero attached hydrogens (tertiary/aromatic N) is 3. The molecule has 140 valence electrons. The number of aromatic nitrogens is 2. The summed E-state index contributed by atoms with van der Waals surface area (Å²) in [6.07, 6.45) is 4.07. The zero-order valence-electron chi connectivity index (χ0n) is 15.5. The number of oxime groups is 1. The van der Waals surface area contributed by atoms with E-state index in [1.165, 1.54) is 3.97 Å². The van der Waals surface area contributed by atoms with Gasteiger partial charge in [0, 0.05) is 12.4 Å². The van der Waals surface area contributed by atoms with Crippen LogP contribution in [0.1, 0.15) is 37.8 Å². The van der Waals surface area contributed by atoms with E-state index in [9.17, 15) is 8.42 Å². The first-order valence-electron chi connectivity index (χ1n) is 8.94. The number of benzene rings is 1. The molecule has 1 aliphatic heterocycles. The van der Waals surface area contributed by atoms with Gasteiger partial charge in [-0.3, -0.25) is 4.98 Å². The first kappa shape index (κ1) is 17.7. The van der Waals surface area contributed by atoms with Gasteiger partial charge in [0.15, 0.2) is 0 Å². The van der Waals surface area contributed by atoms with Crippen molar-refractivity contribution >= 4 is 26.8 Å². The lowest BCUT2D eigenvalue weighted by Gasteiger charge is -2.14. The maximum absolute atomic E-state index is 13.2. The largest absolute Gasteiger partial charge is 0.392 e. The molecule has 3 aromatic rings. The topological polar surface area (TPSA) is 73.5 Å². The van der Waals surface area contributed by atoms with Crippen LogP contribution in [-0.2, 0) is 21.3 Å². The van der Waals surface area contributed by atoms with Crippen molar-refractivity contribution in [1.82, 2.24) is 8.96 Å². The number of fused-ring (bicyclic) bond motifs is 1. The lowest BCUT2D eigenvalue weighted by atomic mass is 9.92. The minimum Gasteiger partial charge on any atom is -0.392 e. The van der Waals surface area contributed by atoms with Gasteiger partial charge in [0.2, 0.25) is 0 Å². The van der Waals surface area contributed by atoms with Gasteiger partial charge in [-0.25, -0.2) is 12.4 Å². The molecule has 0 N–H and O–H groups in total. The second kappa shape index (κ2) is 6.49. The van der Waals surface area contributed by atoms with Crippen molar-refractivity contribution in [2.45, 2.75) is 44.1 Å². The molecular formula is C20H21N3O3S. The molecule has 0 saturated heterocycles. The average molecular weight is 383 g/mol. The molecule has 0 bridgehead atoms. The molecule has 0 fully saturated rings. The van der Waals surface area contributed by atoms with Crippen LogP contribution in [0.15, 0.2) is 58.8 Å². The van der Waals surface area contributed by atoms with Gasteiger partial charge in [0.1, 0.15) is 6.10 Å². The molecule has 0 radical (unpaired) electrons. The Bertz CT molecular complexity index is 1130. The Morgan fingerprint density at radius 3 is 2.59 bits per heavy atom. The number of aryl methyl sites for hydroxylation is 1. The van der Waals surface area contributed by atoms with E-state index in [2.05, 4.69) is 10.1 Å². The highest BCUT2D eigenvalue weighted by Gasteiger charge is 2.31. The minimum absolute atomic E-state index is 0.0326. The van der Waals surface area contributed by atoms with Gasteiger partial charge < -0.3 is 4.84 Å². The molecule has 2 atom stereocenters. The first-order valence-corrected chi connectivity index (χ1v) is 10.4. The maximum Gasteiger partial charge on any atom is 0.268 e. The third-order valence-electron chi connectivity index (χ3n) is 5.03. The van der Waals surface area contributed by atoms with Crippen LogP contribution in [0, 0.1) is 0 Å². The van der Waals surface area contributed by atoms with Gasteiger partial charge in [-0.2, -0.15) is 0 Å².